The van der Waals surface area contributed by atoms with Gasteiger partial charge in [-0.3, -0.25) is 10.1 Å². The molecular formula is C17H16F3N3O2. The zero-order chi connectivity index (χ0) is 18.0. The Kier molecular flexibility index (Phi) is 4.52. The van der Waals surface area contributed by atoms with Crippen LogP contribution >= 0.6 is 0 Å². The molecule has 2 aromatic rings. The summed E-state index contributed by atoms with van der Waals surface area (Å²) in [6, 6.07) is 12.4. The minimum atomic E-state index is -4.65. The van der Waals surface area contributed by atoms with Crippen molar-refractivity contribution in [2.45, 2.75) is 18.6 Å². The lowest BCUT2D eigenvalue weighted by Crippen LogP contribution is -2.27. The molecular weight excluding hydrogens is 335 g/mol. The van der Waals surface area contributed by atoms with Crippen LogP contribution in [-0.4, -0.2) is 24.1 Å². The third kappa shape index (κ3) is 3.84. The minimum absolute atomic E-state index is 0.0127. The van der Waals surface area contributed by atoms with Crippen molar-refractivity contribution in [3.63, 3.8) is 0 Å². The van der Waals surface area contributed by atoms with Gasteiger partial charge in [0, 0.05) is 42.6 Å². The van der Waals surface area contributed by atoms with E-state index in [2.05, 4.69) is 5.32 Å². The molecule has 1 saturated heterocycles. The van der Waals surface area contributed by atoms with Crippen LogP contribution in [0.1, 0.15) is 12.0 Å². The van der Waals surface area contributed by atoms with E-state index in [-0.39, 0.29) is 11.7 Å². The van der Waals surface area contributed by atoms with Crippen LogP contribution in [-0.2, 0) is 6.18 Å². The maximum atomic E-state index is 13.3. The first-order chi connectivity index (χ1) is 11.8. The zero-order valence-corrected chi connectivity index (χ0v) is 13.2. The largest absolute Gasteiger partial charge is 0.418 e. The third-order valence-corrected chi connectivity index (χ3v) is 4.17. The first-order valence-corrected chi connectivity index (χ1v) is 7.77. The Bertz CT molecular complexity index is 765. The van der Waals surface area contributed by atoms with E-state index in [4.69, 9.17) is 0 Å². The van der Waals surface area contributed by atoms with Crippen molar-refractivity contribution in [3.05, 3.63) is 64.2 Å². The lowest BCUT2D eigenvalue weighted by Gasteiger charge is -2.23. The van der Waals surface area contributed by atoms with Crippen molar-refractivity contribution < 1.29 is 18.1 Å². The number of alkyl halides is 3. The first kappa shape index (κ1) is 17.1. The number of nitrogens with zero attached hydrogens (tertiary/aromatic N) is 2. The summed E-state index contributed by atoms with van der Waals surface area (Å²) >= 11 is 0. The monoisotopic (exact) mass is 351 g/mol. The second kappa shape index (κ2) is 6.62. The van der Waals surface area contributed by atoms with Gasteiger partial charge in [-0.05, 0) is 24.6 Å². The Hall–Kier alpha value is -2.77. The first-order valence-electron chi connectivity index (χ1n) is 7.77. The predicted molar refractivity (Wildman–Crippen MR) is 88.8 cm³/mol. The summed E-state index contributed by atoms with van der Waals surface area (Å²) < 4.78 is 40.0. The molecule has 8 heteroatoms. The van der Waals surface area contributed by atoms with Gasteiger partial charge in [0.05, 0.1) is 10.5 Å². The van der Waals surface area contributed by atoms with Gasteiger partial charge in [-0.15, -0.1) is 0 Å². The maximum Gasteiger partial charge on any atom is 0.418 e. The molecule has 2 aromatic carbocycles. The van der Waals surface area contributed by atoms with Crippen LogP contribution in [0.2, 0.25) is 0 Å². The molecule has 1 fully saturated rings. The lowest BCUT2D eigenvalue weighted by atomic mass is 10.1. The fraction of sp³-hybridized carbons (Fsp3) is 0.294. The molecule has 0 aromatic heterocycles. The Balaban J connectivity index is 1.81. The molecule has 0 saturated carbocycles. The molecule has 5 nitrogen and oxygen atoms in total. The van der Waals surface area contributed by atoms with Crippen LogP contribution in [0.5, 0.6) is 0 Å². The molecule has 25 heavy (non-hydrogen) atoms. The Morgan fingerprint density at radius 3 is 2.52 bits per heavy atom. The van der Waals surface area contributed by atoms with Crippen molar-refractivity contribution in [2.75, 3.05) is 23.3 Å². The number of anilines is 2. The number of halogens is 3. The summed E-state index contributed by atoms with van der Waals surface area (Å²) in [6.45, 7) is 0.848. The van der Waals surface area contributed by atoms with Crippen LogP contribution < -0.4 is 10.2 Å². The van der Waals surface area contributed by atoms with E-state index in [0.29, 0.717) is 25.6 Å². The molecule has 1 aliphatic heterocycles. The van der Waals surface area contributed by atoms with Gasteiger partial charge < -0.3 is 10.2 Å². The molecule has 132 valence electrons. The average molecular weight is 351 g/mol. The highest BCUT2D eigenvalue weighted by molar-refractivity contribution is 5.60. The molecule has 0 bridgehead atoms. The fourth-order valence-electron chi connectivity index (χ4n) is 3.01. The van der Waals surface area contributed by atoms with Crippen molar-refractivity contribution >= 4 is 17.1 Å². The SMILES string of the molecule is O=[N+]([O-])c1ccc(N2CCC(Nc3ccccc3)C2)c(C(F)(F)F)c1. The van der Waals surface area contributed by atoms with E-state index in [9.17, 15) is 23.3 Å². The third-order valence-electron chi connectivity index (χ3n) is 4.17. The van der Waals surface area contributed by atoms with Crippen molar-refractivity contribution in [2.24, 2.45) is 0 Å². The van der Waals surface area contributed by atoms with E-state index in [0.717, 1.165) is 11.8 Å². The average Bonchev–Trinajstić information content (AvgIpc) is 3.02. The van der Waals surface area contributed by atoms with E-state index in [1.165, 1.54) is 6.07 Å². The van der Waals surface area contributed by atoms with Gasteiger partial charge in [-0.2, -0.15) is 13.2 Å². The number of nitro groups is 1. The standard InChI is InChI=1S/C17H16F3N3O2/c18-17(19,20)15-10-14(23(24)25)6-7-16(15)22-9-8-13(11-22)21-12-4-2-1-3-5-12/h1-7,10,13,21H,8-9,11H2. The summed E-state index contributed by atoms with van der Waals surface area (Å²) in [5, 5.41) is 14.1. The van der Waals surface area contributed by atoms with E-state index < -0.39 is 22.4 Å². The smallest absolute Gasteiger partial charge is 0.380 e. The van der Waals surface area contributed by atoms with Crippen molar-refractivity contribution in [3.8, 4) is 0 Å². The molecule has 0 amide bonds. The van der Waals surface area contributed by atoms with Crippen molar-refractivity contribution in [1.29, 1.82) is 0 Å². The lowest BCUT2D eigenvalue weighted by molar-refractivity contribution is -0.385. The molecule has 1 heterocycles. The molecule has 1 unspecified atom stereocenters. The normalized spacial score (nSPS) is 17.6. The van der Waals surface area contributed by atoms with Gasteiger partial charge in [-0.25, -0.2) is 0 Å². The number of rotatable bonds is 4. The number of hydrogen-bond acceptors (Lipinski definition) is 4. The van der Waals surface area contributed by atoms with Gasteiger partial charge in [0.15, 0.2) is 0 Å². The van der Waals surface area contributed by atoms with Crippen LogP contribution in [0.25, 0.3) is 0 Å². The topological polar surface area (TPSA) is 58.4 Å². The predicted octanol–water partition coefficient (Wildman–Crippen LogP) is 4.30. The van der Waals surface area contributed by atoms with Crippen LogP contribution in [0.4, 0.5) is 30.2 Å². The number of nitro benzene ring substituents is 1. The highest BCUT2D eigenvalue weighted by Gasteiger charge is 2.38. The summed E-state index contributed by atoms with van der Waals surface area (Å²) in [6.07, 6.45) is -3.96. The van der Waals surface area contributed by atoms with E-state index >= 15 is 0 Å². The highest BCUT2D eigenvalue weighted by atomic mass is 19.4. The number of hydrogen-bond donors (Lipinski definition) is 1. The number of nitrogens with one attached hydrogen (secondary N) is 1. The molecule has 0 radical (unpaired) electrons. The maximum absolute atomic E-state index is 13.3. The summed E-state index contributed by atoms with van der Waals surface area (Å²) in [5.74, 6) is 0. The molecule has 0 spiro atoms. The van der Waals surface area contributed by atoms with Crippen LogP contribution in [0.3, 0.4) is 0 Å². The highest BCUT2D eigenvalue weighted by Crippen LogP contribution is 2.39. The second-order valence-electron chi connectivity index (χ2n) is 5.90. The Labute approximate surface area is 142 Å². The van der Waals surface area contributed by atoms with Crippen LogP contribution in [0, 0.1) is 10.1 Å². The molecule has 3 rings (SSSR count). The quantitative estimate of drug-likeness (QED) is 0.659. The number of para-hydroxylation sites is 1. The van der Waals surface area contributed by atoms with E-state index in [1.807, 2.05) is 30.3 Å². The number of benzene rings is 2. The summed E-state index contributed by atoms with van der Waals surface area (Å²) in [5.41, 5.74) is -0.638. The van der Waals surface area contributed by atoms with Gasteiger partial charge in [-0.1, -0.05) is 18.2 Å². The van der Waals surface area contributed by atoms with E-state index in [1.54, 1.807) is 4.90 Å². The van der Waals surface area contributed by atoms with Crippen molar-refractivity contribution in [1.82, 2.24) is 0 Å². The van der Waals surface area contributed by atoms with Gasteiger partial charge in [0.25, 0.3) is 5.69 Å². The Morgan fingerprint density at radius 1 is 1.16 bits per heavy atom. The molecule has 1 aliphatic rings. The minimum Gasteiger partial charge on any atom is -0.380 e. The van der Waals surface area contributed by atoms with Crippen LogP contribution in [0.15, 0.2) is 48.5 Å². The second-order valence-corrected chi connectivity index (χ2v) is 5.90. The van der Waals surface area contributed by atoms with Gasteiger partial charge in [0.2, 0.25) is 0 Å². The van der Waals surface area contributed by atoms with Gasteiger partial charge in [0.1, 0.15) is 0 Å². The van der Waals surface area contributed by atoms with Gasteiger partial charge >= 0.3 is 6.18 Å². The fourth-order valence-corrected chi connectivity index (χ4v) is 3.01. The zero-order valence-electron chi connectivity index (χ0n) is 13.2. The summed E-state index contributed by atoms with van der Waals surface area (Å²) in [4.78, 5) is 11.6. The molecule has 1 atom stereocenters. The summed E-state index contributed by atoms with van der Waals surface area (Å²) in [7, 11) is 0. The molecule has 0 aliphatic carbocycles. The number of non-ortho nitro benzene ring substituents is 1. The Morgan fingerprint density at radius 2 is 1.88 bits per heavy atom. The molecule has 1 N–H and O–H groups in total.